The summed E-state index contributed by atoms with van der Waals surface area (Å²) < 4.78 is 18.0. The van der Waals surface area contributed by atoms with Crippen molar-refractivity contribution in [3.63, 3.8) is 0 Å². The van der Waals surface area contributed by atoms with Gasteiger partial charge >= 0.3 is 0 Å². The summed E-state index contributed by atoms with van der Waals surface area (Å²) in [5, 5.41) is 2.87. The summed E-state index contributed by atoms with van der Waals surface area (Å²) in [6.07, 6.45) is 1.42. The minimum absolute atomic E-state index is 0.0237. The molecule has 0 spiro atoms. The van der Waals surface area contributed by atoms with Crippen LogP contribution in [0, 0.1) is 17.7 Å². The highest BCUT2D eigenvalue weighted by Gasteiger charge is 2.49. The molecular weight excluding hydrogens is 337 g/mol. The summed E-state index contributed by atoms with van der Waals surface area (Å²) in [4.78, 5) is 28.7. The number of rotatable bonds is 7. The minimum Gasteiger partial charge on any atom is -0.385 e. The fourth-order valence-corrected chi connectivity index (χ4v) is 3.39. The van der Waals surface area contributed by atoms with Crippen molar-refractivity contribution in [1.29, 1.82) is 0 Å². The molecule has 1 aromatic carbocycles. The lowest BCUT2D eigenvalue weighted by molar-refractivity contribution is -0.135. The van der Waals surface area contributed by atoms with Crippen molar-refractivity contribution >= 4 is 17.5 Å². The maximum absolute atomic E-state index is 13.0. The van der Waals surface area contributed by atoms with E-state index < -0.39 is 0 Å². The lowest BCUT2D eigenvalue weighted by atomic mass is 10.2. The minimum atomic E-state index is -0.247. The van der Waals surface area contributed by atoms with E-state index in [0.717, 1.165) is 25.2 Å². The van der Waals surface area contributed by atoms with Crippen molar-refractivity contribution in [2.45, 2.75) is 12.8 Å². The number of hydrogen-bond acceptors (Lipinski definition) is 4. The van der Waals surface area contributed by atoms with E-state index in [0.29, 0.717) is 32.7 Å². The Kier molecular flexibility index (Phi) is 6.08. The standard InChI is InChI=1S/C19H26FN3O3/c1-26-12-2-7-21-18(24)16-13-17(16)19(25)23-10-8-22(9-11-23)15-5-3-14(20)4-6-15/h3-6,16-17H,2,7-13H2,1H3,(H,21,24). The zero-order valence-electron chi connectivity index (χ0n) is 15.1. The molecule has 2 aliphatic rings. The predicted molar refractivity (Wildman–Crippen MR) is 96.3 cm³/mol. The van der Waals surface area contributed by atoms with Crippen molar-refractivity contribution in [3.8, 4) is 0 Å². The number of hydrogen-bond donors (Lipinski definition) is 1. The number of methoxy groups -OCH3 is 1. The molecule has 6 nitrogen and oxygen atoms in total. The Bertz CT molecular complexity index is 629. The van der Waals surface area contributed by atoms with E-state index in [1.807, 2.05) is 4.90 Å². The van der Waals surface area contributed by atoms with Crippen LogP contribution >= 0.6 is 0 Å². The van der Waals surface area contributed by atoms with Gasteiger partial charge in [-0.3, -0.25) is 9.59 Å². The maximum Gasteiger partial charge on any atom is 0.226 e. The Hall–Kier alpha value is -2.15. The molecule has 2 fully saturated rings. The van der Waals surface area contributed by atoms with E-state index in [-0.39, 0.29) is 29.5 Å². The molecule has 2 atom stereocenters. The first-order valence-electron chi connectivity index (χ1n) is 9.16. The van der Waals surface area contributed by atoms with Gasteiger partial charge in [-0.25, -0.2) is 4.39 Å². The zero-order valence-corrected chi connectivity index (χ0v) is 15.1. The average Bonchev–Trinajstić information content (AvgIpc) is 3.46. The average molecular weight is 363 g/mol. The fourth-order valence-electron chi connectivity index (χ4n) is 3.39. The first-order valence-corrected chi connectivity index (χ1v) is 9.16. The fraction of sp³-hybridized carbons (Fsp3) is 0.579. The molecule has 1 aliphatic carbocycles. The summed E-state index contributed by atoms with van der Waals surface area (Å²) >= 11 is 0. The van der Waals surface area contributed by atoms with Crippen LogP contribution in [-0.2, 0) is 14.3 Å². The quantitative estimate of drug-likeness (QED) is 0.741. The lowest BCUT2D eigenvalue weighted by Gasteiger charge is -2.36. The van der Waals surface area contributed by atoms with Gasteiger partial charge in [0.05, 0.1) is 11.8 Å². The largest absolute Gasteiger partial charge is 0.385 e. The number of nitrogens with one attached hydrogen (secondary N) is 1. The number of carbonyl (C=O) groups excluding carboxylic acids is 2. The highest BCUT2D eigenvalue weighted by atomic mass is 19.1. The van der Waals surface area contributed by atoms with Crippen LogP contribution < -0.4 is 10.2 Å². The van der Waals surface area contributed by atoms with Gasteiger partial charge in [0, 0.05) is 52.1 Å². The molecule has 0 aromatic heterocycles. The number of piperazine rings is 1. The van der Waals surface area contributed by atoms with Gasteiger partial charge in [-0.05, 0) is 37.1 Å². The normalized spacial score (nSPS) is 22.2. The van der Waals surface area contributed by atoms with Crippen LogP contribution in [0.4, 0.5) is 10.1 Å². The first-order chi connectivity index (χ1) is 12.6. The van der Waals surface area contributed by atoms with Gasteiger partial charge in [-0.15, -0.1) is 0 Å². The Morgan fingerprint density at radius 1 is 1.15 bits per heavy atom. The summed E-state index contributed by atoms with van der Waals surface area (Å²) in [5.41, 5.74) is 0.971. The number of halogens is 1. The molecule has 0 bridgehead atoms. The van der Waals surface area contributed by atoms with Crippen LogP contribution in [0.5, 0.6) is 0 Å². The van der Waals surface area contributed by atoms with Gasteiger partial charge in [-0.2, -0.15) is 0 Å². The Morgan fingerprint density at radius 3 is 2.50 bits per heavy atom. The third kappa shape index (κ3) is 4.52. The van der Waals surface area contributed by atoms with E-state index in [2.05, 4.69) is 10.2 Å². The molecule has 0 radical (unpaired) electrons. The second-order valence-corrected chi connectivity index (χ2v) is 6.87. The summed E-state index contributed by atoms with van der Waals surface area (Å²) in [6.45, 7) is 3.91. The van der Waals surface area contributed by atoms with Gasteiger partial charge in [0.2, 0.25) is 11.8 Å². The van der Waals surface area contributed by atoms with E-state index in [1.54, 1.807) is 19.2 Å². The van der Waals surface area contributed by atoms with Crippen LogP contribution in [-0.4, -0.2) is 63.2 Å². The third-order valence-electron chi connectivity index (χ3n) is 5.05. The second kappa shape index (κ2) is 8.49. The number of amides is 2. The molecule has 3 rings (SSSR count). The van der Waals surface area contributed by atoms with Gasteiger partial charge in [0.15, 0.2) is 0 Å². The molecule has 1 saturated heterocycles. The zero-order chi connectivity index (χ0) is 18.5. The van der Waals surface area contributed by atoms with Crippen LogP contribution in [0.2, 0.25) is 0 Å². The molecule has 1 heterocycles. The molecule has 1 N–H and O–H groups in total. The van der Waals surface area contributed by atoms with Gasteiger partial charge in [-0.1, -0.05) is 0 Å². The van der Waals surface area contributed by atoms with E-state index in [4.69, 9.17) is 4.74 Å². The number of ether oxygens (including phenoxy) is 1. The highest BCUT2D eigenvalue weighted by Crippen LogP contribution is 2.40. The van der Waals surface area contributed by atoms with Crippen LogP contribution in [0.15, 0.2) is 24.3 Å². The van der Waals surface area contributed by atoms with Crippen LogP contribution in [0.3, 0.4) is 0 Å². The van der Waals surface area contributed by atoms with E-state index in [1.165, 1.54) is 12.1 Å². The van der Waals surface area contributed by atoms with Gasteiger partial charge in [0.1, 0.15) is 5.82 Å². The van der Waals surface area contributed by atoms with E-state index in [9.17, 15) is 14.0 Å². The Morgan fingerprint density at radius 2 is 1.85 bits per heavy atom. The third-order valence-corrected chi connectivity index (χ3v) is 5.05. The maximum atomic E-state index is 13.0. The molecule has 2 unspecified atom stereocenters. The van der Waals surface area contributed by atoms with Crippen LogP contribution in [0.25, 0.3) is 0 Å². The molecule has 7 heteroatoms. The number of benzene rings is 1. The number of nitrogens with zero attached hydrogens (tertiary/aromatic N) is 2. The van der Waals surface area contributed by atoms with Crippen molar-refractivity contribution in [2.75, 3.05) is 51.3 Å². The summed E-state index contributed by atoms with van der Waals surface area (Å²) in [7, 11) is 1.63. The summed E-state index contributed by atoms with van der Waals surface area (Å²) in [6, 6.07) is 6.43. The molecule has 26 heavy (non-hydrogen) atoms. The number of carbonyl (C=O) groups is 2. The molecular formula is C19H26FN3O3. The van der Waals surface area contributed by atoms with Gasteiger partial charge < -0.3 is 19.9 Å². The molecule has 142 valence electrons. The number of anilines is 1. The molecule has 1 aliphatic heterocycles. The smallest absolute Gasteiger partial charge is 0.226 e. The van der Waals surface area contributed by atoms with Crippen molar-refractivity contribution in [2.24, 2.45) is 11.8 Å². The second-order valence-electron chi connectivity index (χ2n) is 6.87. The first kappa shape index (κ1) is 18.6. The van der Waals surface area contributed by atoms with E-state index >= 15 is 0 Å². The molecule has 1 saturated carbocycles. The van der Waals surface area contributed by atoms with Crippen molar-refractivity contribution in [1.82, 2.24) is 10.2 Å². The Labute approximate surface area is 153 Å². The van der Waals surface area contributed by atoms with Crippen molar-refractivity contribution in [3.05, 3.63) is 30.1 Å². The Balaban J connectivity index is 1.42. The molecule has 2 amide bonds. The monoisotopic (exact) mass is 363 g/mol. The predicted octanol–water partition coefficient (Wildman–Crippen LogP) is 1.26. The lowest BCUT2D eigenvalue weighted by Crippen LogP contribution is -2.49. The molecule has 1 aromatic rings. The topological polar surface area (TPSA) is 61.9 Å². The SMILES string of the molecule is COCCCNC(=O)C1CC1C(=O)N1CCN(c2ccc(F)cc2)CC1. The van der Waals surface area contributed by atoms with Crippen molar-refractivity contribution < 1.29 is 18.7 Å². The van der Waals surface area contributed by atoms with Crippen LogP contribution in [0.1, 0.15) is 12.8 Å². The van der Waals surface area contributed by atoms with Gasteiger partial charge in [0.25, 0.3) is 0 Å². The highest BCUT2D eigenvalue weighted by molar-refractivity contribution is 5.92. The summed E-state index contributed by atoms with van der Waals surface area (Å²) in [5.74, 6) is -0.539.